The van der Waals surface area contributed by atoms with Crippen LogP contribution in [0.15, 0.2) is 36.4 Å². The van der Waals surface area contributed by atoms with Gasteiger partial charge < -0.3 is 15.2 Å². The molecule has 6 nitrogen and oxygen atoms in total. The molecule has 0 aliphatic carbocycles. The molecule has 2 N–H and O–H groups in total. The molecule has 1 amide bonds. The third kappa shape index (κ3) is 4.92. The van der Waals surface area contributed by atoms with Crippen molar-refractivity contribution >= 4 is 23.9 Å². The van der Waals surface area contributed by atoms with Crippen LogP contribution in [-0.4, -0.2) is 29.9 Å². The molecular formula is C20H21NO5. The second-order valence-electron chi connectivity index (χ2n) is 5.90. The Morgan fingerprint density at radius 2 is 1.88 bits per heavy atom. The number of carbonyl (C=O) groups is 3. The quantitative estimate of drug-likeness (QED) is 0.560. The zero-order valence-corrected chi connectivity index (χ0v) is 14.7. The van der Waals surface area contributed by atoms with Gasteiger partial charge in [0.2, 0.25) is 6.29 Å². The van der Waals surface area contributed by atoms with Crippen molar-refractivity contribution in [1.29, 1.82) is 0 Å². The van der Waals surface area contributed by atoms with Crippen molar-refractivity contribution in [3.05, 3.63) is 47.5 Å². The van der Waals surface area contributed by atoms with E-state index in [-0.39, 0.29) is 17.7 Å². The van der Waals surface area contributed by atoms with Gasteiger partial charge in [0.25, 0.3) is 5.91 Å². The third-order valence-electron chi connectivity index (χ3n) is 3.85. The number of carboxylic acids is 1. The predicted octanol–water partition coefficient (Wildman–Crippen LogP) is 3.22. The molecule has 0 bridgehead atoms. The highest BCUT2D eigenvalue weighted by molar-refractivity contribution is 6.29. The fourth-order valence-corrected chi connectivity index (χ4v) is 2.66. The Kier molecular flexibility index (Phi) is 6.49. The Bertz CT molecular complexity index is 812. The van der Waals surface area contributed by atoms with Crippen LogP contribution in [0.5, 0.6) is 5.75 Å². The summed E-state index contributed by atoms with van der Waals surface area (Å²) in [6.45, 7) is 3.44. The van der Waals surface area contributed by atoms with Crippen LogP contribution in [0.1, 0.15) is 24.5 Å². The van der Waals surface area contributed by atoms with E-state index in [0.717, 1.165) is 29.5 Å². The topological polar surface area (TPSA) is 92.7 Å². The van der Waals surface area contributed by atoms with Gasteiger partial charge >= 0.3 is 5.97 Å². The Morgan fingerprint density at radius 3 is 2.46 bits per heavy atom. The molecule has 0 saturated heterocycles. The van der Waals surface area contributed by atoms with Gasteiger partial charge in [0.15, 0.2) is 6.61 Å². The van der Waals surface area contributed by atoms with Crippen molar-refractivity contribution < 1.29 is 24.2 Å². The van der Waals surface area contributed by atoms with Gasteiger partial charge in [0.05, 0.1) is 5.69 Å². The number of carbonyl (C=O) groups excluding carboxylic acids is 2. The van der Waals surface area contributed by atoms with E-state index in [1.165, 1.54) is 5.56 Å². The number of anilines is 1. The molecule has 0 saturated carbocycles. The molecule has 0 unspecified atom stereocenters. The molecule has 0 radical (unpaired) electrons. The van der Waals surface area contributed by atoms with Crippen LogP contribution in [0, 0.1) is 6.92 Å². The summed E-state index contributed by atoms with van der Waals surface area (Å²) < 4.78 is 5.29. The summed E-state index contributed by atoms with van der Waals surface area (Å²) in [5, 5.41) is 11.3. The van der Waals surface area contributed by atoms with Crippen LogP contribution >= 0.6 is 0 Å². The molecule has 136 valence electrons. The van der Waals surface area contributed by atoms with Gasteiger partial charge in [-0.2, -0.15) is 0 Å². The number of nitrogens with one attached hydrogen (secondary N) is 1. The summed E-state index contributed by atoms with van der Waals surface area (Å²) in [6.07, 6.45) is 2.22. The second-order valence-corrected chi connectivity index (χ2v) is 5.90. The van der Waals surface area contributed by atoms with Crippen molar-refractivity contribution in [2.24, 2.45) is 0 Å². The normalized spacial score (nSPS) is 10.2. The first-order valence-electron chi connectivity index (χ1n) is 8.29. The SMILES string of the molecule is CCCc1ccc(-c2cc(OCC(=O)O)c(NC(=O)C=O)cc2C)cc1. The van der Waals surface area contributed by atoms with Crippen molar-refractivity contribution in [1.82, 2.24) is 0 Å². The number of aliphatic carboxylic acids is 1. The van der Waals surface area contributed by atoms with Gasteiger partial charge in [-0.3, -0.25) is 9.59 Å². The molecule has 0 aliphatic heterocycles. The highest BCUT2D eigenvalue weighted by Gasteiger charge is 2.14. The van der Waals surface area contributed by atoms with Gasteiger partial charge in [-0.05, 0) is 47.7 Å². The number of carboxylic acid groups (broad SMARTS) is 1. The third-order valence-corrected chi connectivity index (χ3v) is 3.85. The number of benzene rings is 2. The van der Waals surface area contributed by atoms with E-state index >= 15 is 0 Å². The fourth-order valence-electron chi connectivity index (χ4n) is 2.66. The maximum Gasteiger partial charge on any atom is 0.341 e. The Hall–Kier alpha value is -3.15. The number of amides is 1. The lowest BCUT2D eigenvalue weighted by atomic mass is 9.97. The molecule has 0 fully saturated rings. The minimum Gasteiger partial charge on any atom is -0.480 e. The minimum absolute atomic E-state index is 0.149. The van der Waals surface area contributed by atoms with Gasteiger partial charge in [-0.1, -0.05) is 37.6 Å². The van der Waals surface area contributed by atoms with Crippen LogP contribution in [0.2, 0.25) is 0 Å². The summed E-state index contributed by atoms with van der Waals surface area (Å²) in [5.74, 6) is -1.77. The van der Waals surface area contributed by atoms with E-state index in [4.69, 9.17) is 9.84 Å². The lowest BCUT2D eigenvalue weighted by Crippen LogP contribution is -2.15. The molecule has 6 heteroatoms. The Labute approximate surface area is 151 Å². The van der Waals surface area contributed by atoms with E-state index in [1.54, 1.807) is 12.1 Å². The average Bonchev–Trinajstić information content (AvgIpc) is 2.62. The number of rotatable bonds is 8. The molecular weight excluding hydrogens is 334 g/mol. The molecule has 2 aromatic carbocycles. The largest absolute Gasteiger partial charge is 0.480 e. The molecule has 0 aliphatic rings. The molecule has 0 atom stereocenters. The van der Waals surface area contributed by atoms with Crippen molar-refractivity contribution in [3.63, 3.8) is 0 Å². The minimum atomic E-state index is -1.14. The van der Waals surface area contributed by atoms with Crippen molar-refractivity contribution in [3.8, 4) is 16.9 Å². The maximum atomic E-state index is 11.4. The molecule has 2 rings (SSSR count). The predicted molar refractivity (Wildman–Crippen MR) is 98.4 cm³/mol. The van der Waals surface area contributed by atoms with E-state index in [9.17, 15) is 14.4 Å². The number of hydrogen-bond acceptors (Lipinski definition) is 4. The van der Waals surface area contributed by atoms with E-state index in [0.29, 0.717) is 0 Å². The zero-order valence-electron chi connectivity index (χ0n) is 14.7. The second kappa shape index (κ2) is 8.80. The highest BCUT2D eigenvalue weighted by atomic mass is 16.5. The van der Waals surface area contributed by atoms with Gasteiger partial charge in [-0.15, -0.1) is 0 Å². The van der Waals surface area contributed by atoms with Gasteiger partial charge in [0.1, 0.15) is 5.75 Å². The standard InChI is InChI=1S/C20H21NO5/c1-3-4-14-5-7-15(8-6-14)16-10-18(26-12-20(24)25)17(9-13(16)2)21-19(23)11-22/h5-11H,3-4,12H2,1-2H3,(H,21,23)(H,24,25). The van der Waals surface area contributed by atoms with Crippen LogP contribution in [0.3, 0.4) is 0 Å². The van der Waals surface area contributed by atoms with Gasteiger partial charge in [0, 0.05) is 0 Å². The summed E-state index contributed by atoms with van der Waals surface area (Å²) in [4.78, 5) is 32.8. The number of hydrogen-bond donors (Lipinski definition) is 2. The Morgan fingerprint density at radius 1 is 1.19 bits per heavy atom. The first-order valence-corrected chi connectivity index (χ1v) is 8.29. The summed E-state index contributed by atoms with van der Waals surface area (Å²) in [5.41, 5.74) is 4.17. The van der Waals surface area contributed by atoms with Crippen molar-refractivity contribution in [2.75, 3.05) is 11.9 Å². The maximum absolute atomic E-state index is 11.4. The monoisotopic (exact) mass is 355 g/mol. The smallest absolute Gasteiger partial charge is 0.341 e. The lowest BCUT2D eigenvalue weighted by Gasteiger charge is -2.15. The fraction of sp³-hybridized carbons (Fsp3) is 0.250. The molecule has 0 heterocycles. The average molecular weight is 355 g/mol. The van der Waals surface area contributed by atoms with Crippen LogP contribution in [0.25, 0.3) is 11.1 Å². The molecule has 0 aromatic heterocycles. The first-order chi connectivity index (χ1) is 12.4. The molecule has 2 aromatic rings. The van der Waals surface area contributed by atoms with E-state index < -0.39 is 18.5 Å². The molecule has 26 heavy (non-hydrogen) atoms. The number of aldehydes is 1. The van der Waals surface area contributed by atoms with Crippen LogP contribution < -0.4 is 10.1 Å². The van der Waals surface area contributed by atoms with Crippen LogP contribution in [0.4, 0.5) is 5.69 Å². The van der Waals surface area contributed by atoms with Gasteiger partial charge in [-0.25, -0.2) is 4.79 Å². The highest BCUT2D eigenvalue weighted by Crippen LogP contribution is 2.34. The number of aryl methyl sites for hydroxylation is 2. The number of ether oxygens (including phenoxy) is 1. The van der Waals surface area contributed by atoms with Crippen LogP contribution in [-0.2, 0) is 20.8 Å². The van der Waals surface area contributed by atoms with E-state index in [1.807, 2.05) is 19.1 Å². The Balaban J connectivity index is 2.42. The summed E-state index contributed by atoms with van der Waals surface area (Å²) in [7, 11) is 0. The summed E-state index contributed by atoms with van der Waals surface area (Å²) in [6, 6.07) is 11.4. The first kappa shape index (κ1) is 19.2. The summed E-state index contributed by atoms with van der Waals surface area (Å²) >= 11 is 0. The van der Waals surface area contributed by atoms with Crippen molar-refractivity contribution in [2.45, 2.75) is 26.7 Å². The zero-order chi connectivity index (χ0) is 19.1. The lowest BCUT2D eigenvalue weighted by molar-refractivity contribution is -0.139. The van der Waals surface area contributed by atoms with E-state index in [2.05, 4.69) is 24.4 Å². The molecule has 0 spiro atoms.